The number of amides is 5. The van der Waals surface area contributed by atoms with E-state index in [1.807, 2.05) is 0 Å². The van der Waals surface area contributed by atoms with Crippen molar-refractivity contribution in [2.75, 3.05) is 38.9 Å². The zero-order valence-electron chi connectivity index (χ0n) is 28.0. The molecule has 2 fully saturated rings. The zero-order valence-corrected chi connectivity index (χ0v) is 29.7. The molecule has 0 unspecified atom stereocenters. The molecule has 5 N–H and O–H groups in total. The Morgan fingerprint density at radius 3 is 1.70 bits per heavy atom. The highest BCUT2D eigenvalue weighted by atomic mass is 32.2. The van der Waals surface area contributed by atoms with E-state index in [0.717, 1.165) is 33.3 Å². The molecule has 0 aliphatic carbocycles. The number of hydrogen-bond acceptors (Lipinski definition) is 17. The van der Waals surface area contributed by atoms with Crippen molar-refractivity contribution < 1.29 is 66.7 Å². The zero-order chi connectivity index (χ0) is 38.7. The highest BCUT2D eigenvalue weighted by Gasteiger charge is 2.56. The molecule has 0 spiro atoms. The first-order chi connectivity index (χ1) is 26.0. The summed E-state index contributed by atoms with van der Waals surface area (Å²) >= 11 is 2.26. The van der Waals surface area contributed by atoms with Crippen LogP contribution < -0.4 is 16.4 Å². The van der Waals surface area contributed by atoms with Gasteiger partial charge in [-0.2, -0.15) is 0 Å². The fraction of sp³-hybridized carbons (Fsp3) is 0.323. The minimum Gasteiger partial charge on any atom is -0.477 e. The fourth-order valence-corrected chi connectivity index (χ4v) is 8.44. The Bertz CT molecular complexity index is 2010. The number of carbonyl (C=O) groups excluding carboxylic acids is 6. The number of carboxylic acid groups (broad SMARTS) is 1. The van der Waals surface area contributed by atoms with E-state index in [2.05, 4.69) is 20.9 Å². The fourth-order valence-electron chi connectivity index (χ4n) is 5.78. The number of esters is 1. The molecule has 4 aliphatic heterocycles. The van der Waals surface area contributed by atoms with Crippen molar-refractivity contribution in [1.29, 1.82) is 0 Å². The van der Waals surface area contributed by atoms with Crippen LogP contribution in [-0.4, -0.2) is 130 Å². The van der Waals surface area contributed by atoms with Gasteiger partial charge >= 0.3 is 18.0 Å². The molecule has 21 nitrogen and oxygen atoms in total. The summed E-state index contributed by atoms with van der Waals surface area (Å²) in [7, 11) is 2.44. The van der Waals surface area contributed by atoms with E-state index in [9.17, 15) is 38.7 Å². The number of nitrogens with zero attached hydrogens (tertiary/aromatic N) is 4. The number of nitrogens with two attached hydrogens (primary N) is 1. The van der Waals surface area contributed by atoms with Crippen LogP contribution >= 0.6 is 23.5 Å². The number of thioether (sulfide) groups is 2. The van der Waals surface area contributed by atoms with E-state index in [-0.39, 0.29) is 51.3 Å². The molecule has 5 amide bonds. The summed E-state index contributed by atoms with van der Waals surface area (Å²) in [5.41, 5.74) is 4.10. The van der Waals surface area contributed by atoms with Gasteiger partial charge < -0.3 is 49.5 Å². The second-order valence-corrected chi connectivity index (χ2v) is 13.5. The Morgan fingerprint density at radius 2 is 1.28 bits per heavy atom. The Kier molecular flexibility index (Phi) is 11.0. The maximum Gasteiger partial charge on any atom is 0.404 e. The summed E-state index contributed by atoms with van der Waals surface area (Å²) in [5.74, 6) is -5.48. The molecule has 4 aliphatic rings. The average Bonchev–Trinajstić information content (AvgIpc) is 3.90. The van der Waals surface area contributed by atoms with Crippen LogP contribution in [0.25, 0.3) is 0 Å². The molecule has 284 valence electrons. The molecule has 0 saturated carbocycles. The van der Waals surface area contributed by atoms with Gasteiger partial charge in [0.15, 0.2) is 11.5 Å². The Balaban J connectivity index is 1.16. The number of aliphatic carboxylic acids is 1. The second kappa shape index (κ2) is 15.8. The van der Waals surface area contributed by atoms with Crippen molar-refractivity contribution in [3.8, 4) is 0 Å². The van der Waals surface area contributed by atoms with Crippen molar-refractivity contribution in [1.82, 2.24) is 20.4 Å². The Morgan fingerprint density at radius 1 is 0.815 bits per heavy atom. The number of ether oxygens (including phenoxy) is 2. The van der Waals surface area contributed by atoms with E-state index in [0.29, 0.717) is 0 Å². The van der Waals surface area contributed by atoms with E-state index < -0.39 is 83.4 Å². The van der Waals surface area contributed by atoms with Gasteiger partial charge in [0.1, 0.15) is 61.7 Å². The molecule has 54 heavy (non-hydrogen) atoms. The molecular weight excluding hydrogens is 759 g/mol. The molecule has 4 atom stereocenters. The van der Waals surface area contributed by atoms with Gasteiger partial charge in [0.25, 0.3) is 23.6 Å². The third-order valence-corrected chi connectivity index (χ3v) is 10.8. The van der Waals surface area contributed by atoms with Gasteiger partial charge in [0, 0.05) is 22.7 Å². The lowest BCUT2D eigenvalue weighted by atomic mass is 10.0. The molecule has 6 heterocycles. The molecule has 23 heteroatoms. The maximum absolute atomic E-state index is 13.7. The van der Waals surface area contributed by atoms with Crippen LogP contribution in [0.4, 0.5) is 4.79 Å². The number of β-lactam (4-membered cyclic amide) rings is 2. The second-order valence-electron chi connectivity index (χ2n) is 11.3. The van der Waals surface area contributed by atoms with Gasteiger partial charge in [-0.15, -0.1) is 23.5 Å². The van der Waals surface area contributed by atoms with Crippen molar-refractivity contribution in [2.45, 2.75) is 22.8 Å². The van der Waals surface area contributed by atoms with Crippen molar-refractivity contribution in [2.24, 2.45) is 16.0 Å². The monoisotopic (exact) mass is 787 g/mol. The summed E-state index contributed by atoms with van der Waals surface area (Å²) in [6.07, 6.45) is 1.48. The molecular formula is C31H29N7O14S2. The molecule has 0 radical (unpaired) electrons. The number of carbonyl (C=O) groups is 7. The number of hydrogen-bond donors (Lipinski definition) is 4. The lowest BCUT2D eigenvalue weighted by molar-refractivity contribution is -0.152. The summed E-state index contributed by atoms with van der Waals surface area (Å²) in [4.78, 5) is 102. The van der Waals surface area contributed by atoms with Crippen molar-refractivity contribution in [3.63, 3.8) is 0 Å². The molecule has 2 aromatic rings. The van der Waals surface area contributed by atoms with Crippen molar-refractivity contribution >= 4 is 76.6 Å². The molecule has 2 aromatic heterocycles. The van der Waals surface area contributed by atoms with Crippen molar-refractivity contribution in [3.05, 3.63) is 70.9 Å². The van der Waals surface area contributed by atoms with Crippen LogP contribution in [0.3, 0.4) is 0 Å². The number of nitrogens with one attached hydrogen (secondary N) is 2. The number of primary amides is 1. The highest BCUT2D eigenvalue weighted by molar-refractivity contribution is 8.00. The maximum atomic E-state index is 13.7. The summed E-state index contributed by atoms with van der Waals surface area (Å²) in [6.45, 7) is -1.09. The van der Waals surface area contributed by atoms with Gasteiger partial charge in [0.05, 0.1) is 12.5 Å². The minimum absolute atomic E-state index is 0.0279. The number of fused-ring (bicyclic) bond motifs is 2. The van der Waals surface area contributed by atoms with Crippen LogP contribution in [0.5, 0.6) is 0 Å². The summed E-state index contributed by atoms with van der Waals surface area (Å²) in [5, 5.41) is 20.9. The van der Waals surface area contributed by atoms with Gasteiger partial charge in [-0.25, -0.2) is 14.4 Å². The van der Waals surface area contributed by atoms with Crippen LogP contribution in [-0.2, 0) is 47.9 Å². The topological polar surface area (TPSA) is 284 Å². The Labute approximate surface area is 311 Å². The number of carboxylic acids is 1. The van der Waals surface area contributed by atoms with Gasteiger partial charge in [0.2, 0.25) is 11.4 Å². The van der Waals surface area contributed by atoms with Crippen LogP contribution in [0, 0.1) is 0 Å². The van der Waals surface area contributed by atoms with E-state index in [1.165, 1.54) is 51.0 Å². The number of rotatable bonds is 14. The summed E-state index contributed by atoms with van der Waals surface area (Å²) < 4.78 is 20.9. The molecule has 6 rings (SSSR count). The predicted octanol–water partition coefficient (Wildman–Crippen LogP) is -0.695. The minimum atomic E-state index is -1.49. The van der Waals surface area contributed by atoms with Crippen LogP contribution in [0.15, 0.2) is 78.5 Å². The smallest absolute Gasteiger partial charge is 0.404 e. The quantitative estimate of drug-likeness (QED) is 0.0797. The molecule has 0 aromatic carbocycles. The largest absolute Gasteiger partial charge is 0.477 e. The Hall–Kier alpha value is -6.23. The predicted molar refractivity (Wildman–Crippen MR) is 183 cm³/mol. The first-order valence-corrected chi connectivity index (χ1v) is 17.6. The number of furan rings is 2. The highest BCUT2D eigenvalue weighted by Crippen LogP contribution is 2.42. The molecule has 0 bridgehead atoms. The van der Waals surface area contributed by atoms with E-state index >= 15 is 0 Å². The van der Waals surface area contributed by atoms with Gasteiger partial charge in [-0.05, 0) is 24.3 Å². The lowest BCUT2D eigenvalue weighted by Gasteiger charge is -2.50. The van der Waals surface area contributed by atoms with E-state index in [1.54, 1.807) is 0 Å². The third-order valence-electron chi connectivity index (χ3n) is 8.13. The molecule has 2 saturated heterocycles. The first-order valence-electron chi connectivity index (χ1n) is 15.5. The standard InChI is InChI=1S/C31H29N7O14S2/c1-47-35-17(15-5-3-7-49-15)23(39)33-19-25(41)37-21(29(43)44)13(11-53-27(19)37)9-51-30(45)22-14(10-52-31(32)46)12-54-28-20(26(42)38(22)28)34-24(40)18(36-48-2)16-6-4-8-50-16/h3-8,19-20,27-28H,9-12H2,1-2H3,(H2,32,46)(H,33,39)(H,34,40)(H,43,44)/b35-17-,36-18-/t19-,20-,27-,28-/m1/s1. The summed E-state index contributed by atoms with van der Waals surface area (Å²) in [6, 6.07) is 3.71. The van der Waals surface area contributed by atoms with Crippen LogP contribution in [0.1, 0.15) is 11.5 Å². The van der Waals surface area contributed by atoms with Crippen LogP contribution in [0.2, 0.25) is 0 Å². The van der Waals surface area contributed by atoms with Gasteiger partial charge in [-0.1, -0.05) is 10.3 Å². The SMILES string of the molecule is CO/N=C(\C(=O)N[C@@H]1C(=O)N2C(C(=O)O)=C(COC(=O)C3=C(COC(N)=O)CS[C@@H]4[C@H](NC(=O)/C(=N\OC)c5ccco5)C(=O)N34)CS[C@H]12)c1ccco1. The number of oxime groups is 2. The first kappa shape index (κ1) is 37.5. The lowest BCUT2D eigenvalue weighted by Crippen LogP contribution is -2.71. The van der Waals surface area contributed by atoms with Gasteiger partial charge in [-0.3, -0.25) is 29.0 Å². The third kappa shape index (κ3) is 7.09. The average molecular weight is 788 g/mol. The van der Waals surface area contributed by atoms with E-state index in [4.69, 9.17) is 33.7 Å². The normalized spacial score (nSPS) is 22.3.